The molecule has 7 nitrogen and oxygen atoms in total. The van der Waals surface area contributed by atoms with E-state index in [0.29, 0.717) is 5.56 Å². The number of amides is 3. The van der Waals surface area contributed by atoms with Crippen LogP contribution < -0.4 is 10.9 Å². The van der Waals surface area contributed by atoms with E-state index in [1.54, 1.807) is 12.3 Å². The van der Waals surface area contributed by atoms with E-state index in [-0.39, 0.29) is 31.1 Å². The molecule has 0 spiro atoms. The minimum absolute atomic E-state index is 0.0264. The average Bonchev–Trinajstić information content (AvgIpc) is 3.30. The van der Waals surface area contributed by atoms with Gasteiger partial charge in [0.1, 0.15) is 5.69 Å². The van der Waals surface area contributed by atoms with E-state index in [9.17, 15) is 27.6 Å². The van der Waals surface area contributed by atoms with Gasteiger partial charge in [-0.3, -0.25) is 25.2 Å². The van der Waals surface area contributed by atoms with Crippen LogP contribution in [0.2, 0.25) is 0 Å². The van der Waals surface area contributed by atoms with Crippen molar-refractivity contribution >= 4 is 17.7 Å². The average molecular weight is 394 g/mol. The molecule has 3 amide bonds. The number of H-pyrrole nitrogens is 1. The fourth-order valence-electron chi connectivity index (χ4n) is 2.93. The summed E-state index contributed by atoms with van der Waals surface area (Å²) >= 11 is 0. The highest BCUT2D eigenvalue weighted by Crippen LogP contribution is 2.30. The molecule has 1 unspecified atom stereocenters. The molecule has 3 rings (SSSR count). The van der Waals surface area contributed by atoms with E-state index < -0.39 is 29.5 Å². The molecule has 1 aliphatic heterocycles. The summed E-state index contributed by atoms with van der Waals surface area (Å²) in [6, 6.07) is 7.86. The third-order valence-corrected chi connectivity index (χ3v) is 4.35. The summed E-state index contributed by atoms with van der Waals surface area (Å²) in [5, 5.41) is 0. The number of aromatic nitrogens is 1. The fraction of sp³-hybridized carbons (Fsp3) is 0.278. The Morgan fingerprint density at radius 2 is 1.96 bits per heavy atom. The van der Waals surface area contributed by atoms with Crippen molar-refractivity contribution in [3.8, 4) is 0 Å². The van der Waals surface area contributed by atoms with Gasteiger partial charge in [0.05, 0.1) is 11.5 Å². The van der Waals surface area contributed by atoms with Crippen LogP contribution in [-0.4, -0.2) is 34.2 Å². The summed E-state index contributed by atoms with van der Waals surface area (Å²) in [6.45, 7) is 0.0284. The van der Waals surface area contributed by atoms with Gasteiger partial charge in [0.25, 0.3) is 5.91 Å². The molecule has 2 heterocycles. The Hall–Kier alpha value is -3.30. The highest BCUT2D eigenvalue weighted by molar-refractivity contribution is 5.95. The number of rotatable bonds is 4. The van der Waals surface area contributed by atoms with Crippen molar-refractivity contribution in [1.29, 1.82) is 0 Å². The number of nitrogens with zero attached hydrogens (tertiary/aromatic N) is 1. The molecule has 1 saturated heterocycles. The Morgan fingerprint density at radius 1 is 1.18 bits per heavy atom. The van der Waals surface area contributed by atoms with Gasteiger partial charge < -0.3 is 9.88 Å². The first-order chi connectivity index (χ1) is 13.2. The lowest BCUT2D eigenvalue weighted by Crippen LogP contribution is -2.45. The van der Waals surface area contributed by atoms with Crippen LogP contribution in [0.15, 0.2) is 42.6 Å². The molecule has 1 aromatic heterocycles. The molecule has 1 aromatic carbocycles. The van der Waals surface area contributed by atoms with Gasteiger partial charge in [-0.1, -0.05) is 12.1 Å². The maximum Gasteiger partial charge on any atom is 0.416 e. The zero-order valence-electron chi connectivity index (χ0n) is 14.5. The fourth-order valence-corrected chi connectivity index (χ4v) is 2.93. The third-order valence-electron chi connectivity index (χ3n) is 4.35. The summed E-state index contributed by atoms with van der Waals surface area (Å²) in [5.41, 5.74) is 4.29. The lowest BCUT2D eigenvalue weighted by atomic mass is 10.1. The van der Waals surface area contributed by atoms with Crippen LogP contribution in [0.1, 0.15) is 28.0 Å². The molecule has 0 radical (unpaired) electrons. The number of halogens is 3. The van der Waals surface area contributed by atoms with Crippen molar-refractivity contribution in [3.05, 3.63) is 59.4 Å². The minimum Gasteiger partial charge on any atom is -0.357 e. The predicted octanol–water partition coefficient (Wildman–Crippen LogP) is 1.84. The van der Waals surface area contributed by atoms with E-state index in [4.69, 9.17) is 0 Å². The van der Waals surface area contributed by atoms with Crippen LogP contribution in [0, 0.1) is 5.92 Å². The molecule has 1 atom stereocenters. The van der Waals surface area contributed by atoms with Gasteiger partial charge in [-0.2, -0.15) is 13.2 Å². The van der Waals surface area contributed by atoms with E-state index in [2.05, 4.69) is 15.8 Å². The van der Waals surface area contributed by atoms with E-state index in [1.165, 1.54) is 23.1 Å². The summed E-state index contributed by atoms with van der Waals surface area (Å²) in [7, 11) is 0. The van der Waals surface area contributed by atoms with Crippen molar-refractivity contribution < 1.29 is 27.6 Å². The van der Waals surface area contributed by atoms with Crippen molar-refractivity contribution in [2.45, 2.75) is 19.1 Å². The van der Waals surface area contributed by atoms with Crippen molar-refractivity contribution in [2.75, 3.05) is 6.54 Å². The number of hydrazine groups is 1. The number of carbonyl (C=O) groups excluding carboxylic acids is 3. The molecule has 0 bridgehead atoms. The summed E-state index contributed by atoms with van der Waals surface area (Å²) in [5.74, 6) is -2.13. The standard InChI is InChI=1S/C18H17F3N4O3/c19-18(20,21)13-4-1-3-11(7-13)9-25-10-12(8-15(25)26)16(27)23-24-17(28)14-5-2-6-22-14/h1-7,12,22H,8-10H2,(H,23,27)(H,24,28). The second-order valence-corrected chi connectivity index (χ2v) is 6.40. The maximum atomic E-state index is 12.8. The first kappa shape index (κ1) is 19.5. The van der Waals surface area contributed by atoms with Crippen molar-refractivity contribution in [3.63, 3.8) is 0 Å². The first-order valence-electron chi connectivity index (χ1n) is 8.41. The lowest BCUT2D eigenvalue weighted by molar-refractivity contribution is -0.137. The van der Waals surface area contributed by atoms with Crippen molar-refractivity contribution in [2.24, 2.45) is 5.92 Å². The molecule has 148 valence electrons. The molecule has 1 fully saturated rings. The minimum atomic E-state index is -4.47. The molecular formula is C18H17F3N4O3. The Labute approximate surface area is 157 Å². The van der Waals surface area contributed by atoms with E-state index >= 15 is 0 Å². The molecule has 0 aliphatic carbocycles. The van der Waals surface area contributed by atoms with Gasteiger partial charge in [0, 0.05) is 25.7 Å². The predicted molar refractivity (Wildman–Crippen MR) is 91.4 cm³/mol. The lowest BCUT2D eigenvalue weighted by Gasteiger charge is -2.17. The van der Waals surface area contributed by atoms with Crippen LogP contribution in [0.3, 0.4) is 0 Å². The largest absolute Gasteiger partial charge is 0.416 e. The zero-order valence-corrected chi connectivity index (χ0v) is 14.5. The third kappa shape index (κ3) is 4.51. The molecule has 1 aliphatic rings. The second kappa shape index (κ2) is 7.75. The Morgan fingerprint density at radius 3 is 2.64 bits per heavy atom. The summed E-state index contributed by atoms with van der Waals surface area (Å²) < 4.78 is 38.4. The molecule has 2 aromatic rings. The van der Waals surface area contributed by atoms with Crippen LogP contribution in [0.4, 0.5) is 13.2 Å². The smallest absolute Gasteiger partial charge is 0.357 e. The number of likely N-dealkylation sites (tertiary alicyclic amines) is 1. The molecular weight excluding hydrogens is 377 g/mol. The number of carbonyl (C=O) groups is 3. The number of aromatic amines is 1. The highest BCUT2D eigenvalue weighted by atomic mass is 19.4. The van der Waals surface area contributed by atoms with Crippen molar-refractivity contribution in [1.82, 2.24) is 20.7 Å². The quantitative estimate of drug-likeness (QED) is 0.691. The van der Waals surface area contributed by atoms with Crippen LogP contribution in [0.5, 0.6) is 0 Å². The molecule has 28 heavy (non-hydrogen) atoms. The number of benzene rings is 1. The van der Waals surface area contributed by atoms with Crippen LogP contribution in [0.25, 0.3) is 0 Å². The van der Waals surface area contributed by atoms with Crippen LogP contribution in [-0.2, 0) is 22.3 Å². The summed E-state index contributed by atoms with van der Waals surface area (Å²) in [4.78, 5) is 40.1. The van der Waals surface area contributed by atoms with Gasteiger partial charge in [-0.25, -0.2) is 0 Å². The van der Waals surface area contributed by atoms with Gasteiger partial charge >= 0.3 is 6.18 Å². The summed E-state index contributed by atoms with van der Waals surface area (Å²) in [6.07, 6.45) is -2.99. The Kier molecular flexibility index (Phi) is 5.39. The number of hydrogen-bond acceptors (Lipinski definition) is 3. The molecule has 0 saturated carbocycles. The Bertz CT molecular complexity index is 880. The second-order valence-electron chi connectivity index (χ2n) is 6.40. The van der Waals surface area contributed by atoms with E-state index in [0.717, 1.165) is 12.1 Å². The van der Waals surface area contributed by atoms with E-state index in [1.807, 2.05) is 0 Å². The van der Waals surface area contributed by atoms with Crippen LogP contribution >= 0.6 is 0 Å². The number of hydrogen-bond donors (Lipinski definition) is 3. The number of nitrogens with one attached hydrogen (secondary N) is 3. The van der Waals surface area contributed by atoms with Gasteiger partial charge in [-0.05, 0) is 29.8 Å². The number of alkyl halides is 3. The van der Waals surface area contributed by atoms with Gasteiger partial charge in [0.2, 0.25) is 11.8 Å². The zero-order chi connectivity index (χ0) is 20.3. The maximum absolute atomic E-state index is 12.8. The molecule has 3 N–H and O–H groups in total. The molecule has 10 heteroatoms. The van der Waals surface area contributed by atoms with Gasteiger partial charge in [-0.15, -0.1) is 0 Å². The van der Waals surface area contributed by atoms with Gasteiger partial charge in [0.15, 0.2) is 0 Å². The first-order valence-corrected chi connectivity index (χ1v) is 8.41. The monoisotopic (exact) mass is 394 g/mol. The SMILES string of the molecule is O=C(NNC(=O)C1CC(=O)N(Cc2cccc(C(F)(F)F)c2)C1)c1ccc[nH]1. The highest BCUT2D eigenvalue weighted by Gasteiger charge is 2.35. The topological polar surface area (TPSA) is 94.3 Å². The normalized spacial score (nSPS) is 16.9. The Balaban J connectivity index is 1.56.